The third-order valence-electron chi connectivity index (χ3n) is 4.79. The van der Waals surface area contributed by atoms with Gasteiger partial charge in [0.2, 0.25) is 11.7 Å². The minimum Gasteiger partial charge on any atom is -0.370 e. The molecule has 2 aliphatic carbocycles. The molecule has 0 saturated heterocycles. The minimum atomic E-state index is -0.319. The fraction of sp³-hybridized carbons (Fsp3) is 0.857. The van der Waals surface area contributed by atoms with Crippen LogP contribution < -0.4 is 5.73 Å². The van der Waals surface area contributed by atoms with Gasteiger partial charge in [-0.25, -0.2) is 0 Å². The predicted molar refractivity (Wildman–Crippen MR) is 70.6 cm³/mol. The van der Waals surface area contributed by atoms with Crippen LogP contribution in [0.5, 0.6) is 0 Å². The van der Waals surface area contributed by atoms with Crippen LogP contribution in [0, 0.1) is 0 Å². The molecule has 106 valence electrons. The minimum absolute atomic E-state index is 0.157. The first kappa shape index (κ1) is 13.1. The maximum atomic E-state index is 6.18. The Morgan fingerprint density at radius 2 is 1.95 bits per heavy atom. The van der Waals surface area contributed by atoms with Crippen molar-refractivity contribution in [3.8, 4) is 0 Å². The Bertz CT molecular complexity index is 426. The van der Waals surface area contributed by atoms with Crippen LogP contribution in [-0.4, -0.2) is 23.3 Å². The largest absolute Gasteiger partial charge is 0.370 e. The second-order valence-corrected chi connectivity index (χ2v) is 5.92. The molecule has 1 heterocycles. The Hall–Kier alpha value is -0.940. The van der Waals surface area contributed by atoms with E-state index >= 15 is 0 Å². The normalized spacial score (nSPS) is 30.6. The highest BCUT2D eigenvalue weighted by Gasteiger charge is 2.41. The molecule has 2 aliphatic rings. The summed E-state index contributed by atoms with van der Waals surface area (Å²) in [7, 11) is 1.74. The lowest BCUT2D eigenvalue weighted by Gasteiger charge is -2.25. The van der Waals surface area contributed by atoms with Crippen molar-refractivity contribution in [2.45, 2.75) is 68.9 Å². The number of aromatic nitrogens is 2. The molecule has 2 N–H and O–H groups in total. The van der Waals surface area contributed by atoms with E-state index in [0.29, 0.717) is 5.89 Å². The van der Waals surface area contributed by atoms with Crippen molar-refractivity contribution in [1.82, 2.24) is 10.1 Å². The highest BCUT2D eigenvalue weighted by Crippen LogP contribution is 2.41. The van der Waals surface area contributed by atoms with E-state index in [1.807, 2.05) is 0 Å². The molecule has 0 bridgehead atoms. The highest BCUT2D eigenvalue weighted by molar-refractivity contribution is 5.08. The number of hydrogen-bond acceptors (Lipinski definition) is 5. The van der Waals surface area contributed by atoms with Gasteiger partial charge < -0.3 is 15.0 Å². The number of ether oxygens (including phenoxy) is 1. The van der Waals surface area contributed by atoms with Crippen molar-refractivity contribution in [1.29, 1.82) is 0 Å². The Labute approximate surface area is 113 Å². The molecule has 1 aromatic rings. The second-order valence-electron chi connectivity index (χ2n) is 5.92. The Balaban J connectivity index is 1.82. The first-order valence-electron chi connectivity index (χ1n) is 7.40. The summed E-state index contributed by atoms with van der Waals surface area (Å²) in [5.41, 5.74) is 5.86. The quantitative estimate of drug-likeness (QED) is 0.908. The molecular weight excluding hydrogens is 242 g/mol. The van der Waals surface area contributed by atoms with E-state index in [1.165, 1.54) is 25.7 Å². The molecule has 0 amide bonds. The lowest BCUT2D eigenvalue weighted by Crippen LogP contribution is -2.32. The standard InChI is InChI=1S/C14H23N3O2/c1-18-14(8-4-5-9-14)13-16-12(19-17-13)10-6-2-3-7-11(10)15/h10-11H,2-9,15H2,1H3. The van der Waals surface area contributed by atoms with E-state index in [0.717, 1.165) is 31.5 Å². The molecule has 2 saturated carbocycles. The zero-order chi connectivity index (χ0) is 13.3. The van der Waals surface area contributed by atoms with E-state index in [4.69, 9.17) is 15.0 Å². The average molecular weight is 265 g/mol. The summed E-state index contributed by atoms with van der Waals surface area (Å²) in [5, 5.41) is 4.18. The van der Waals surface area contributed by atoms with Gasteiger partial charge in [0.25, 0.3) is 0 Å². The van der Waals surface area contributed by atoms with Gasteiger partial charge in [0.05, 0.1) is 5.92 Å². The molecule has 19 heavy (non-hydrogen) atoms. The van der Waals surface area contributed by atoms with Gasteiger partial charge in [0, 0.05) is 13.2 Å². The van der Waals surface area contributed by atoms with Gasteiger partial charge in [-0.2, -0.15) is 4.98 Å². The van der Waals surface area contributed by atoms with Gasteiger partial charge in [-0.3, -0.25) is 0 Å². The number of rotatable bonds is 3. The Morgan fingerprint density at radius 1 is 1.21 bits per heavy atom. The average Bonchev–Trinajstić information content (AvgIpc) is 3.09. The molecule has 2 unspecified atom stereocenters. The Kier molecular flexibility index (Phi) is 3.58. The summed E-state index contributed by atoms with van der Waals surface area (Å²) in [6.07, 6.45) is 8.83. The first-order chi connectivity index (χ1) is 9.25. The maximum absolute atomic E-state index is 6.18. The van der Waals surface area contributed by atoms with Crippen LogP contribution in [0.15, 0.2) is 4.52 Å². The van der Waals surface area contributed by atoms with E-state index in [2.05, 4.69) is 10.1 Å². The van der Waals surface area contributed by atoms with Crippen molar-refractivity contribution in [3.05, 3.63) is 11.7 Å². The number of methoxy groups -OCH3 is 1. The van der Waals surface area contributed by atoms with Crippen LogP contribution in [0.2, 0.25) is 0 Å². The zero-order valence-electron chi connectivity index (χ0n) is 11.6. The van der Waals surface area contributed by atoms with Crippen molar-refractivity contribution < 1.29 is 9.26 Å². The number of nitrogens with two attached hydrogens (primary N) is 1. The molecule has 2 atom stereocenters. The summed E-state index contributed by atoms with van der Waals surface area (Å²) >= 11 is 0. The monoisotopic (exact) mass is 265 g/mol. The second kappa shape index (κ2) is 5.21. The summed E-state index contributed by atoms with van der Waals surface area (Å²) in [5.74, 6) is 1.66. The summed E-state index contributed by atoms with van der Waals surface area (Å²) in [4.78, 5) is 4.63. The van der Waals surface area contributed by atoms with Crippen molar-refractivity contribution in [2.75, 3.05) is 7.11 Å². The van der Waals surface area contributed by atoms with Crippen LogP contribution in [0.25, 0.3) is 0 Å². The van der Waals surface area contributed by atoms with E-state index < -0.39 is 0 Å². The lowest BCUT2D eigenvalue weighted by molar-refractivity contribution is -0.0178. The third-order valence-corrected chi connectivity index (χ3v) is 4.79. The van der Waals surface area contributed by atoms with Gasteiger partial charge in [0.1, 0.15) is 5.60 Å². The fourth-order valence-corrected chi connectivity index (χ4v) is 3.50. The molecule has 1 aromatic heterocycles. The summed E-state index contributed by atoms with van der Waals surface area (Å²) in [6.45, 7) is 0. The molecule has 0 aliphatic heterocycles. The molecule has 0 radical (unpaired) electrons. The summed E-state index contributed by atoms with van der Waals surface area (Å²) < 4.78 is 11.2. The smallest absolute Gasteiger partial charge is 0.231 e. The number of nitrogens with zero attached hydrogens (tertiary/aromatic N) is 2. The maximum Gasteiger partial charge on any atom is 0.231 e. The van der Waals surface area contributed by atoms with Crippen molar-refractivity contribution in [3.63, 3.8) is 0 Å². The zero-order valence-corrected chi connectivity index (χ0v) is 11.6. The number of hydrogen-bond donors (Lipinski definition) is 1. The molecule has 0 spiro atoms. The topological polar surface area (TPSA) is 74.2 Å². The van der Waals surface area contributed by atoms with Gasteiger partial charge in [-0.1, -0.05) is 18.0 Å². The Morgan fingerprint density at radius 3 is 2.63 bits per heavy atom. The third kappa shape index (κ3) is 2.30. The van der Waals surface area contributed by atoms with Crippen LogP contribution >= 0.6 is 0 Å². The van der Waals surface area contributed by atoms with Gasteiger partial charge in [-0.15, -0.1) is 0 Å². The van der Waals surface area contributed by atoms with Crippen LogP contribution in [0.1, 0.15) is 69.0 Å². The highest BCUT2D eigenvalue weighted by atomic mass is 16.5. The summed E-state index contributed by atoms with van der Waals surface area (Å²) in [6, 6.07) is 0.157. The fourth-order valence-electron chi connectivity index (χ4n) is 3.50. The molecule has 5 heteroatoms. The van der Waals surface area contributed by atoms with E-state index in [9.17, 15) is 0 Å². The van der Waals surface area contributed by atoms with Gasteiger partial charge >= 0.3 is 0 Å². The lowest BCUT2D eigenvalue weighted by atomic mass is 9.85. The first-order valence-corrected chi connectivity index (χ1v) is 7.40. The SMILES string of the molecule is COC1(c2noc(C3CCCCC3N)n2)CCCC1. The van der Waals surface area contributed by atoms with E-state index in [-0.39, 0.29) is 17.6 Å². The van der Waals surface area contributed by atoms with Gasteiger partial charge in [-0.05, 0) is 38.5 Å². The van der Waals surface area contributed by atoms with Gasteiger partial charge in [0.15, 0.2) is 0 Å². The van der Waals surface area contributed by atoms with Crippen molar-refractivity contribution >= 4 is 0 Å². The van der Waals surface area contributed by atoms with Crippen molar-refractivity contribution in [2.24, 2.45) is 5.73 Å². The molecule has 0 aromatic carbocycles. The van der Waals surface area contributed by atoms with Crippen LogP contribution in [-0.2, 0) is 10.3 Å². The molecule has 5 nitrogen and oxygen atoms in total. The molecular formula is C14H23N3O2. The van der Waals surface area contributed by atoms with Crippen LogP contribution in [0.4, 0.5) is 0 Å². The molecule has 2 fully saturated rings. The molecule has 3 rings (SSSR count). The van der Waals surface area contributed by atoms with Crippen LogP contribution in [0.3, 0.4) is 0 Å². The predicted octanol–water partition coefficient (Wildman–Crippen LogP) is 2.47. The van der Waals surface area contributed by atoms with E-state index in [1.54, 1.807) is 7.11 Å².